The average Bonchev–Trinajstić information content (AvgIpc) is 3.07. The Hall–Kier alpha value is -2.58. The summed E-state index contributed by atoms with van der Waals surface area (Å²) in [6.45, 7) is 3.80. The number of oxazole rings is 1. The van der Waals surface area contributed by atoms with Crippen LogP contribution in [-0.4, -0.2) is 23.6 Å². The number of rotatable bonds is 5. The smallest absolute Gasteiger partial charge is 0.419 e. The van der Waals surface area contributed by atoms with Crippen molar-refractivity contribution < 1.29 is 18.7 Å². The molecule has 27 heavy (non-hydrogen) atoms. The zero-order valence-electron chi connectivity index (χ0n) is 14.9. The zero-order chi connectivity index (χ0) is 19.7. The third-order valence-corrected chi connectivity index (χ3v) is 5.58. The Morgan fingerprint density at radius 2 is 2.07 bits per heavy atom. The third-order valence-electron chi connectivity index (χ3n) is 4.22. The third kappa shape index (κ3) is 3.77. The van der Waals surface area contributed by atoms with Crippen molar-refractivity contribution in [1.29, 1.82) is 0 Å². The molecule has 0 fully saturated rings. The molecular weight excluding hydrogens is 392 g/mol. The van der Waals surface area contributed by atoms with Crippen LogP contribution in [0.1, 0.15) is 27.2 Å². The second-order valence-corrected chi connectivity index (χ2v) is 7.57. The number of aryl methyl sites for hydroxylation is 2. The Balaban J connectivity index is 1.77. The molecule has 0 unspecified atom stereocenters. The molecule has 0 aliphatic heterocycles. The summed E-state index contributed by atoms with van der Waals surface area (Å²) in [7, 11) is 1.29. The largest absolute Gasteiger partial charge is 0.465 e. The van der Waals surface area contributed by atoms with E-state index >= 15 is 0 Å². The highest BCUT2D eigenvalue weighted by molar-refractivity contribution is 7.16. The van der Waals surface area contributed by atoms with Crippen LogP contribution in [0.4, 0.5) is 5.00 Å². The Kier molecular flexibility index (Phi) is 5.38. The van der Waals surface area contributed by atoms with Crippen molar-refractivity contribution in [1.82, 2.24) is 4.57 Å². The molecule has 2 heterocycles. The summed E-state index contributed by atoms with van der Waals surface area (Å²) >= 11 is 7.20. The Labute approximate surface area is 163 Å². The van der Waals surface area contributed by atoms with Crippen molar-refractivity contribution in [3.8, 4) is 0 Å². The van der Waals surface area contributed by atoms with Gasteiger partial charge in [0.05, 0.1) is 18.2 Å². The molecule has 0 atom stereocenters. The lowest BCUT2D eigenvalue weighted by molar-refractivity contribution is -0.116. The number of benzene rings is 1. The molecule has 0 saturated carbocycles. The minimum absolute atomic E-state index is 0.0355. The molecule has 0 aliphatic carbocycles. The normalized spacial score (nSPS) is 11.0. The van der Waals surface area contributed by atoms with E-state index in [1.807, 2.05) is 6.92 Å². The predicted octanol–water partition coefficient (Wildman–Crippen LogP) is 3.74. The van der Waals surface area contributed by atoms with Crippen LogP contribution in [0.5, 0.6) is 0 Å². The number of halogens is 1. The molecule has 2 aromatic heterocycles. The number of ether oxygens (including phenoxy) is 1. The number of amides is 1. The van der Waals surface area contributed by atoms with Crippen molar-refractivity contribution in [2.45, 2.75) is 26.8 Å². The molecule has 1 amide bonds. The molecule has 0 saturated heterocycles. The maximum absolute atomic E-state index is 12.4. The second kappa shape index (κ2) is 7.58. The number of hydrogen-bond donors (Lipinski definition) is 1. The first-order valence-corrected chi connectivity index (χ1v) is 9.28. The standard InChI is InChI=1S/C18H17ClN2O5S/c1-9-10(2)27-16(15(9)17(23)25-3)20-14(22)6-7-21-12-5-4-11(19)8-13(12)26-18(21)24/h4-5,8H,6-7H2,1-3H3,(H,20,22). The molecule has 142 valence electrons. The van der Waals surface area contributed by atoms with Gasteiger partial charge >= 0.3 is 11.7 Å². The summed E-state index contributed by atoms with van der Waals surface area (Å²) < 4.78 is 11.3. The monoisotopic (exact) mass is 408 g/mol. The quantitative estimate of drug-likeness (QED) is 0.649. The number of fused-ring (bicyclic) bond motifs is 1. The van der Waals surface area contributed by atoms with E-state index < -0.39 is 11.7 Å². The van der Waals surface area contributed by atoms with Gasteiger partial charge in [-0.15, -0.1) is 11.3 Å². The van der Waals surface area contributed by atoms with Crippen LogP contribution in [0, 0.1) is 13.8 Å². The van der Waals surface area contributed by atoms with Crippen molar-refractivity contribution in [2.24, 2.45) is 0 Å². The van der Waals surface area contributed by atoms with Crippen LogP contribution in [0.2, 0.25) is 5.02 Å². The number of nitrogens with one attached hydrogen (secondary N) is 1. The predicted molar refractivity (Wildman–Crippen MR) is 104 cm³/mol. The Morgan fingerprint density at radius 3 is 2.78 bits per heavy atom. The highest BCUT2D eigenvalue weighted by Crippen LogP contribution is 2.33. The van der Waals surface area contributed by atoms with Crippen LogP contribution in [0.15, 0.2) is 27.4 Å². The Bertz CT molecular complexity index is 1100. The minimum atomic E-state index is -0.557. The molecule has 0 radical (unpaired) electrons. The first-order valence-electron chi connectivity index (χ1n) is 8.09. The number of anilines is 1. The number of carbonyl (C=O) groups is 2. The molecule has 1 N–H and O–H groups in total. The lowest BCUT2D eigenvalue weighted by Crippen LogP contribution is -2.20. The number of carbonyl (C=O) groups excluding carboxylic acids is 2. The van der Waals surface area contributed by atoms with Crippen LogP contribution in [0.3, 0.4) is 0 Å². The van der Waals surface area contributed by atoms with E-state index in [2.05, 4.69) is 5.32 Å². The summed E-state index contributed by atoms with van der Waals surface area (Å²) in [5, 5.41) is 3.64. The highest BCUT2D eigenvalue weighted by atomic mass is 35.5. The van der Waals surface area contributed by atoms with E-state index in [0.29, 0.717) is 26.7 Å². The zero-order valence-corrected chi connectivity index (χ0v) is 16.5. The van der Waals surface area contributed by atoms with Gasteiger partial charge in [-0.25, -0.2) is 9.59 Å². The first-order chi connectivity index (χ1) is 12.8. The number of esters is 1. The number of thiophene rings is 1. The number of aromatic nitrogens is 1. The lowest BCUT2D eigenvalue weighted by Gasteiger charge is -2.06. The van der Waals surface area contributed by atoms with Crippen LogP contribution >= 0.6 is 22.9 Å². The van der Waals surface area contributed by atoms with Gasteiger partial charge in [0.25, 0.3) is 0 Å². The second-order valence-electron chi connectivity index (χ2n) is 5.91. The fourth-order valence-electron chi connectivity index (χ4n) is 2.72. The number of methoxy groups -OCH3 is 1. The molecule has 9 heteroatoms. The highest BCUT2D eigenvalue weighted by Gasteiger charge is 2.21. The van der Waals surface area contributed by atoms with E-state index in [0.717, 1.165) is 10.4 Å². The van der Waals surface area contributed by atoms with Crippen LogP contribution < -0.4 is 11.1 Å². The van der Waals surface area contributed by atoms with Gasteiger partial charge in [-0.2, -0.15) is 0 Å². The SMILES string of the molecule is COC(=O)c1c(NC(=O)CCn2c(=O)oc3cc(Cl)ccc32)sc(C)c1C. The maximum Gasteiger partial charge on any atom is 0.419 e. The topological polar surface area (TPSA) is 90.5 Å². The van der Waals surface area contributed by atoms with Gasteiger partial charge in [0.2, 0.25) is 5.91 Å². The van der Waals surface area contributed by atoms with E-state index in [1.165, 1.54) is 23.0 Å². The summed E-state index contributed by atoms with van der Waals surface area (Å²) in [4.78, 5) is 37.3. The average molecular weight is 409 g/mol. The molecule has 0 bridgehead atoms. The van der Waals surface area contributed by atoms with E-state index in [9.17, 15) is 14.4 Å². The molecule has 3 rings (SSSR count). The number of nitrogens with zero attached hydrogens (tertiary/aromatic N) is 1. The Morgan fingerprint density at radius 1 is 1.33 bits per heavy atom. The maximum atomic E-state index is 12.4. The van der Waals surface area contributed by atoms with E-state index in [1.54, 1.807) is 25.1 Å². The number of hydrogen-bond acceptors (Lipinski definition) is 6. The van der Waals surface area contributed by atoms with E-state index in [-0.39, 0.29) is 18.9 Å². The van der Waals surface area contributed by atoms with Gasteiger partial charge in [0.1, 0.15) is 5.00 Å². The summed E-state index contributed by atoms with van der Waals surface area (Å²) in [5.74, 6) is -1.38. The molecule has 0 spiro atoms. The van der Waals surface area contributed by atoms with Gasteiger partial charge in [0.15, 0.2) is 5.58 Å². The summed E-state index contributed by atoms with van der Waals surface area (Å²) in [6.07, 6.45) is 0.0355. The van der Waals surface area contributed by atoms with Crippen molar-refractivity contribution in [3.63, 3.8) is 0 Å². The van der Waals surface area contributed by atoms with E-state index in [4.69, 9.17) is 20.8 Å². The van der Waals surface area contributed by atoms with Gasteiger partial charge in [-0.1, -0.05) is 11.6 Å². The van der Waals surface area contributed by atoms with Crippen molar-refractivity contribution in [2.75, 3.05) is 12.4 Å². The minimum Gasteiger partial charge on any atom is -0.465 e. The van der Waals surface area contributed by atoms with Crippen LogP contribution in [-0.2, 0) is 16.1 Å². The molecular formula is C18H17ClN2O5S. The van der Waals surface area contributed by atoms with Gasteiger partial charge < -0.3 is 14.5 Å². The van der Waals surface area contributed by atoms with Crippen molar-refractivity contribution in [3.05, 3.63) is 49.8 Å². The lowest BCUT2D eigenvalue weighted by atomic mass is 10.1. The molecule has 1 aromatic carbocycles. The van der Waals surface area contributed by atoms with Gasteiger partial charge in [0, 0.05) is 28.9 Å². The fourth-order valence-corrected chi connectivity index (χ4v) is 3.94. The fraction of sp³-hybridized carbons (Fsp3) is 0.278. The van der Waals surface area contributed by atoms with Crippen LogP contribution in [0.25, 0.3) is 11.1 Å². The van der Waals surface area contributed by atoms with Gasteiger partial charge in [-0.3, -0.25) is 9.36 Å². The molecule has 0 aliphatic rings. The molecule has 7 nitrogen and oxygen atoms in total. The molecule has 3 aromatic rings. The van der Waals surface area contributed by atoms with Gasteiger partial charge in [-0.05, 0) is 31.5 Å². The van der Waals surface area contributed by atoms with Crippen molar-refractivity contribution >= 4 is 50.9 Å². The summed E-state index contributed by atoms with van der Waals surface area (Å²) in [6, 6.07) is 4.87. The summed E-state index contributed by atoms with van der Waals surface area (Å²) in [5.41, 5.74) is 2.06. The first kappa shape index (κ1) is 19.2.